The highest BCUT2D eigenvalue weighted by molar-refractivity contribution is 5.00. The second-order valence-electron chi connectivity index (χ2n) is 14.8. The quantitative estimate of drug-likeness (QED) is 0.224. The van der Waals surface area contributed by atoms with E-state index in [2.05, 4.69) is 112 Å². The van der Waals surface area contributed by atoms with Crippen molar-refractivity contribution in [3.05, 3.63) is 0 Å². The van der Waals surface area contributed by atoms with Gasteiger partial charge in [-0.1, -0.05) is 48.5 Å². The van der Waals surface area contributed by atoms with Crippen LogP contribution in [0.4, 0.5) is 0 Å². The molecule has 0 heterocycles. The summed E-state index contributed by atoms with van der Waals surface area (Å²) in [7, 11) is 0. The van der Waals surface area contributed by atoms with Gasteiger partial charge in [-0.25, -0.2) is 0 Å². The highest BCUT2D eigenvalue weighted by atomic mass is 15.3. The Hall–Kier alpha value is -0.200. The molecule has 0 aliphatic rings. The number of rotatable bonds is 15. The molecule has 0 fully saturated rings. The van der Waals surface area contributed by atoms with Crippen LogP contribution in [0.3, 0.4) is 0 Å². The maximum atomic E-state index is 7.07. The van der Waals surface area contributed by atoms with Crippen LogP contribution in [0.2, 0.25) is 0 Å². The van der Waals surface area contributed by atoms with Gasteiger partial charge in [0.05, 0.1) is 5.66 Å². The lowest BCUT2D eigenvalue weighted by molar-refractivity contribution is -0.0397. The Morgan fingerprint density at radius 1 is 0.765 bits per heavy atom. The summed E-state index contributed by atoms with van der Waals surface area (Å²) in [5.74, 6) is 0.202. The van der Waals surface area contributed by atoms with Crippen molar-refractivity contribution >= 4 is 0 Å². The second kappa shape index (κ2) is 12.4. The Kier molecular flexibility index (Phi) is 12.3. The molecule has 0 aromatic rings. The lowest BCUT2D eigenvalue weighted by Gasteiger charge is -2.53. The summed E-state index contributed by atoms with van der Waals surface area (Å²) >= 11 is 0. The minimum atomic E-state index is -0.474. The van der Waals surface area contributed by atoms with E-state index in [4.69, 9.17) is 11.5 Å². The van der Waals surface area contributed by atoms with E-state index in [0.717, 1.165) is 38.9 Å². The van der Waals surface area contributed by atoms with Gasteiger partial charge < -0.3 is 22.1 Å². The summed E-state index contributed by atoms with van der Waals surface area (Å²) in [4.78, 5) is 2.55. The van der Waals surface area contributed by atoms with Gasteiger partial charge in [-0.05, 0) is 111 Å². The molecule has 0 aliphatic carbocycles. The topological polar surface area (TPSA) is 79.3 Å². The van der Waals surface area contributed by atoms with Gasteiger partial charge in [0.1, 0.15) is 0 Å². The summed E-state index contributed by atoms with van der Waals surface area (Å²) in [6.45, 7) is 35.8. The first-order valence-corrected chi connectivity index (χ1v) is 13.8. The Bertz CT molecular complexity index is 582. The lowest BCUT2D eigenvalue weighted by atomic mass is 9.69. The smallest absolute Gasteiger partial charge is 0.0701 e. The third-order valence-electron chi connectivity index (χ3n) is 8.61. The molecular formula is C29H65N5. The molecule has 0 saturated carbocycles. The van der Waals surface area contributed by atoms with E-state index in [1.165, 1.54) is 6.42 Å². The van der Waals surface area contributed by atoms with E-state index in [0.29, 0.717) is 12.0 Å². The highest BCUT2D eigenvalue weighted by Crippen LogP contribution is 2.39. The van der Waals surface area contributed by atoms with Crippen molar-refractivity contribution in [3.8, 4) is 0 Å². The number of hydrogen-bond donors (Lipinski definition) is 4. The summed E-state index contributed by atoms with van der Waals surface area (Å²) in [6, 6.07) is 0. The van der Waals surface area contributed by atoms with Gasteiger partial charge in [-0.15, -0.1) is 0 Å². The van der Waals surface area contributed by atoms with E-state index in [1.807, 2.05) is 0 Å². The number of nitrogens with zero attached hydrogens (tertiary/aromatic N) is 1. The Morgan fingerprint density at radius 2 is 1.26 bits per heavy atom. The largest absolute Gasteiger partial charge is 0.330 e. The van der Waals surface area contributed by atoms with Crippen molar-refractivity contribution in [3.63, 3.8) is 0 Å². The second-order valence-corrected chi connectivity index (χ2v) is 14.8. The van der Waals surface area contributed by atoms with Crippen molar-refractivity contribution in [2.24, 2.45) is 28.2 Å². The molecule has 0 saturated heterocycles. The maximum absolute atomic E-state index is 7.07. The average Bonchev–Trinajstić information content (AvgIpc) is 2.64. The van der Waals surface area contributed by atoms with Crippen LogP contribution in [0.15, 0.2) is 0 Å². The van der Waals surface area contributed by atoms with Gasteiger partial charge in [-0.2, -0.15) is 0 Å². The molecule has 6 N–H and O–H groups in total. The van der Waals surface area contributed by atoms with Crippen LogP contribution >= 0.6 is 0 Å². The molecule has 0 spiro atoms. The third-order valence-corrected chi connectivity index (χ3v) is 8.61. The normalized spacial score (nSPS) is 18.6. The molecule has 34 heavy (non-hydrogen) atoms. The zero-order chi connectivity index (χ0) is 27.2. The molecule has 0 aliphatic heterocycles. The van der Waals surface area contributed by atoms with Crippen LogP contribution in [0.25, 0.3) is 0 Å². The molecule has 0 rings (SSSR count). The zero-order valence-electron chi connectivity index (χ0n) is 25.8. The van der Waals surface area contributed by atoms with Crippen molar-refractivity contribution < 1.29 is 0 Å². The van der Waals surface area contributed by atoms with Crippen LogP contribution in [0.5, 0.6) is 0 Å². The van der Waals surface area contributed by atoms with Crippen molar-refractivity contribution in [1.29, 1.82) is 0 Å². The summed E-state index contributed by atoms with van der Waals surface area (Å²) in [5, 5.41) is 7.62. The fourth-order valence-electron chi connectivity index (χ4n) is 4.80. The number of hydrogen-bond acceptors (Lipinski definition) is 5. The van der Waals surface area contributed by atoms with Gasteiger partial charge in [0.2, 0.25) is 0 Å². The average molecular weight is 484 g/mol. The number of nitrogens with two attached hydrogens (primary N) is 2. The van der Waals surface area contributed by atoms with Crippen LogP contribution in [-0.2, 0) is 0 Å². The van der Waals surface area contributed by atoms with Crippen LogP contribution < -0.4 is 22.1 Å². The zero-order valence-corrected chi connectivity index (χ0v) is 25.8. The monoisotopic (exact) mass is 484 g/mol. The molecule has 3 unspecified atom stereocenters. The molecule has 5 heteroatoms. The van der Waals surface area contributed by atoms with Gasteiger partial charge in [0.15, 0.2) is 0 Å². The Morgan fingerprint density at radius 3 is 1.68 bits per heavy atom. The van der Waals surface area contributed by atoms with E-state index in [1.54, 1.807) is 0 Å². The molecule has 5 nitrogen and oxygen atoms in total. The highest BCUT2D eigenvalue weighted by Gasteiger charge is 2.44. The minimum absolute atomic E-state index is 0.0520. The lowest BCUT2D eigenvalue weighted by Crippen LogP contribution is -2.67. The first-order valence-electron chi connectivity index (χ1n) is 13.8. The van der Waals surface area contributed by atoms with Crippen molar-refractivity contribution in [2.45, 2.75) is 145 Å². The fraction of sp³-hybridized carbons (Fsp3) is 1.00. The van der Waals surface area contributed by atoms with Crippen LogP contribution in [0, 0.1) is 16.7 Å². The molecular weight excluding hydrogens is 418 g/mol. The summed E-state index contributed by atoms with van der Waals surface area (Å²) < 4.78 is 0. The fourth-order valence-corrected chi connectivity index (χ4v) is 4.80. The standard InChI is InChI=1S/C29H65N5/c1-15-28(13,33-19-16-24(3,4)5)26(9,10)18-21-34(29(14,31)23(2)22-30)27(11,12)17-20-32-25(6,7)8/h23,32-33H,15-22,30-31H2,1-14H3. The first kappa shape index (κ1) is 33.8. The molecule has 0 aromatic carbocycles. The van der Waals surface area contributed by atoms with Crippen LogP contribution in [0.1, 0.15) is 123 Å². The van der Waals surface area contributed by atoms with E-state index < -0.39 is 5.66 Å². The summed E-state index contributed by atoms with van der Waals surface area (Å²) in [6.07, 6.45) is 4.37. The van der Waals surface area contributed by atoms with Gasteiger partial charge in [0, 0.05) is 23.2 Å². The third kappa shape index (κ3) is 10.4. The van der Waals surface area contributed by atoms with Crippen molar-refractivity contribution in [1.82, 2.24) is 15.5 Å². The predicted octanol–water partition coefficient (Wildman–Crippen LogP) is 5.73. The predicted molar refractivity (Wildman–Crippen MR) is 153 cm³/mol. The van der Waals surface area contributed by atoms with E-state index >= 15 is 0 Å². The molecule has 206 valence electrons. The molecule has 0 amide bonds. The van der Waals surface area contributed by atoms with Gasteiger partial charge in [-0.3, -0.25) is 4.90 Å². The summed E-state index contributed by atoms with van der Waals surface area (Å²) in [5.41, 5.74) is 13.3. The van der Waals surface area contributed by atoms with Gasteiger partial charge in [0.25, 0.3) is 0 Å². The van der Waals surface area contributed by atoms with Crippen molar-refractivity contribution in [2.75, 3.05) is 26.2 Å². The number of nitrogens with one attached hydrogen (secondary N) is 2. The molecule has 3 atom stereocenters. The molecule has 0 aromatic heterocycles. The SMILES string of the molecule is CCC(C)(NCCC(C)(C)C)C(C)(C)CCN(C(C)(C)CCNC(C)(C)C)C(C)(N)C(C)CN. The van der Waals surface area contributed by atoms with E-state index in [9.17, 15) is 0 Å². The van der Waals surface area contributed by atoms with Crippen LogP contribution in [-0.4, -0.2) is 53.4 Å². The minimum Gasteiger partial charge on any atom is -0.330 e. The molecule has 0 radical (unpaired) electrons. The maximum Gasteiger partial charge on any atom is 0.0701 e. The first-order chi connectivity index (χ1) is 15.0. The Balaban J connectivity index is 5.73. The van der Waals surface area contributed by atoms with Gasteiger partial charge >= 0.3 is 0 Å². The Labute approximate surface area is 214 Å². The molecule has 0 bridgehead atoms. The van der Waals surface area contributed by atoms with E-state index in [-0.39, 0.29) is 27.9 Å².